The number of rotatable bonds is 3. The van der Waals surface area contributed by atoms with E-state index in [1.54, 1.807) is 0 Å². The maximum absolute atomic E-state index is 13.6. The molecule has 1 unspecified atom stereocenters. The van der Waals surface area contributed by atoms with Crippen molar-refractivity contribution in [2.75, 3.05) is 0 Å². The van der Waals surface area contributed by atoms with E-state index in [9.17, 15) is 8.78 Å². The average molecular weight is 255 g/mol. The molecule has 17 heavy (non-hydrogen) atoms. The second-order valence-electron chi connectivity index (χ2n) is 3.56. The van der Waals surface area contributed by atoms with E-state index in [0.717, 1.165) is 23.3 Å². The van der Waals surface area contributed by atoms with Crippen LogP contribution >= 0.6 is 11.5 Å². The SMILES string of the molecule is CCc1nnsc1C(N)c1cccc(F)c1F. The van der Waals surface area contributed by atoms with Gasteiger partial charge in [0.05, 0.1) is 16.6 Å². The van der Waals surface area contributed by atoms with Gasteiger partial charge in [0.1, 0.15) is 0 Å². The Labute approximate surface area is 101 Å². The monoisotopic (exact) mass is 255 g/mol. The van der Waals surface area contributed by atoms with Gasteiger partial charge in [0.2, 0.25) is 0 Å². The lowest BCUT2D eigenvalue weighted by molar-refractivity contribution is 0.495. The van der Waals surface area contributed by atoms with Gasteiger partial charge in [-0.05, 0) is 24.0 Å². The molecule has 0 saturated carbocycles. The summed E-state index contributed by atoms with van der Waals surface area (Å²) in [5.74, 6) is -1.80. The molecule has 0 aliphatic rings. The number of nitrogens with zero attached hydrogens (tertiary/aromatic N) is 2. The number of hydrogen-bond acceptors (Lipinski definition) is 4. The van der Waals surface area contributed by atoms with E-state index in [4.69, 9.17) is 5.73 Å². The Morgan fingerprint density at radius 2 is 2.18 bits per heavy atom. The van der Waals surface area contributed by atoms with E-state index in [1.807, 2.05) is 6.92 Å². The van der Waals surface area contributed by atoms with Crippen LogP contribution in [-0.4, -0.2) is 9.59 Å². The van der Waals surface area contributed by atoms with Crippen molar-refractivity contribution in [2.45, 2.75) is 19.4 Å². The van der Waals surface area contributed by atoms with Crippen molar-refractivity contribution in [3.8, 4) is 0 Å². The molecular formula is C11H11F2N3S. The minimum Gasteiger partial charge on any atom is -0.319 e. The molecule has 3 nitrogen and oxygen atoms in total. The van der Waals surface area contributed by atoms with Crippen LogP contribution in [0.25, 0.3) is 0 Å². The summed E-state index contributed by atoms with van der Waals surface area (Å²) in [7, 11) is 0. The topological polar surface area (TPSA) is 51.8 Å². The van der Waals surface area contributed by atoms with Crippen LogP contribution < -0.4 is 5.73 Å². The molecule has 0 aliphatic heterocycles. The predicted molar refractivity (Wildman–Crippen MR) is 61.7 cm³/mol. The minimum atomic E-state index is -0.907. The molecule has 90 valence electrons. The molecule has 0 radical (unpaired) electrons. The second-order valence-corrected chi connectivity index (χ2v) is 4.34. The first-order valence-corrected chi connectivity index (χ1v) is 5.93. The zero-order valence-corrected chi connectivity index (χ0v) is 9.97. The Kier molecular flexibility index (Phi) is 3.44. The van der Waals surface area contributed by atoms with Gasteiger partial charge in [-0.3, -0.25) is 0 Å². The van der Waals surface area contributed by atoms with Crippen molar-refractivity contribution in [1.29, 1.82) is 0 Å². The van der Waals surface area contributed by atoms with Crippen LogP contribution in [0.4, 0.5) is 8.78 Å². The third kappa shape index (κ3) is 2.18. The highest BCUT2D eigenvalue weighted by Gasteiger charge is 2.21. The van der Waals surface area contributed by atoms with Gasteiger partial charge >= 0.3 is 0 Å². The summed E-state index contributed by atoms with van der Waals surface area (Å²) in [6.45, 7) is 1.91. The number of aromatic nitrogens is 2. The van der Waals surface area contributed by atoms with Crippen LogP contribution in [-0.2, 0) is 6.42 Å². The Bertz CT molecular complexity index is 527. The Morgan fingerprint density at radius 3 is 2.88 bits per heavy atom. The standard InChI is InChI=1S/C11H11F2N3S/c1-2-8-11(17-16-15-8)10(14)6-4-3-5-7(12)9(6)13/h3-5,10H,2,14H2,1H3. The average Bonchev–Trinajstić information content (AvgIpc) is 2.80. The maximum atomic E-state index is 13.6. The van der Waals surface area contributed by atoms with Crippen LogP contribution in [0, 0.1) is 11.6 Å². The van der Waals surface area contributed by atoms with E-state index in [-0.39, 0.29) is 5.56 Å². The highest BCUT2D eigenvalue weighted by Crippen LogP contribution is 2.27. The van der Waals surface area contributed by atoms with Gasteiger partial charge in [-0.15, -0.1) is 5.10 Å². The summed E-state index contributed by atoms with van der Waals surface area (Å²) >= 11 is 1.12. The molecule has 0 fully saturated rings. The zero-order chi connectivity index (χ0) is 12.4. The molecule has 0 bridgehead atoms. The summed E-state index contributed by atoms with van der Waals surface area (Å²) in [6.07, 6.45) is 0.663. The molecule has 0 aliphatic carbocycles. The molecule has 1 heterocycles. The molecule has 0 saturated heterocycles. The summed E-state index contributed by atoms with van der Waals surface area (Å²) in [6, 6.07) is 3.26. The Balaban J connectivity index is 2.44. The molecule has 1 aromatic carbocycles. The normalized spacial score (nSPS) is 12.7. The van der Waals surface area contributed by atoms with Crippen LogP contribution in [0.5, 0.6) is 0 Å². The lowest BCUT2D eigenvalue weighted by Crippen LogP contribution is -2.14. The van der Waals surface area contributed by atoms with Gasteiger partial charge in [0, 0.05) is 5.56 Å². The number of aryl methyl sites for hydroxylation is 1. The van der Waals surface area contributed by atoms with Crippen LogP contribution in [0.2, 0.25) is 0 Å². The Morgan fingerprint density at radius 1 is 1.41 bits per heavy atom. The molecular weight excluding hydrogens is 244 g/mol. The second kappa shape index (κ2) is 4.85. The minimum absolute atomic E-state index is 0.130. The van der Waals surface area contributed by atoms with Gasteiger partial charge in [-0.2, -0.15) is 0 Å². The highest BCUT2D eigenvalue weighted by atomic mass is 32.1. The fourth-order valence-electron chi connectivity index (χ4n) is 1.60. The first kappa shape index (κ1) is 12.1. The van der Waals surface area contributed by atoms with Crippen molar-refractivity contribution in [2.24, 2.45) is 5.73 Å². The molecule has 2 aromatic rings. The van der Waals surface area contributed by atoms with Crippen molar-refractivity contribution in [3.63, 3.8) is 0 Å². The van der Waals surface area contributed by atoms with Crippen molar-refractivity contribution in [1.82, 2.24) is 9.59 Å². The zero-order valence-electron chi connectivity index (χ0n) is 9.15. The molecule has 1 aromatic heterocycles. The van der Waals surface area contributed by atoms with Gasteiger partial charge in [-0.1, -0.05) is 23.5 Å². The van der Waals surface area contributed by atoms with Gasteiger partial charge in [0.15, 0.2) is 11.6 Å². The number of halogens is 2. The van der Waals surface area contributed by atoms with E-state index in [1.165, 1.54) is 12.1 Å². The predicted octanol–water partition coefficient (Wildman–Crippen LogP) is 2.43. The molecule has 2 rings (SSSR count). The molecule has 0 amide bonds. The summed E-state index contributed by atoms with van der Waals surface area (Å²) < 4.78 is 30.5. The fourth-order valence-corrected chi connectivity index (χ4v) is 2.36. The quantitative estimate of drug-likeness (QED) is 0.916. The van der Waals surface area contributed by atoms with Crippen LogP contribution in [0.15, 0.2) is 18.2 Å². The Hall–Kier alpha value is -1.40. The summed E-state index contributed by atoms with van der Waals surface area (Å²) in [5, 5.41) is 3.91. The summed E-state index contributed by atoms with van der Waals surface area (Å²) in [4.78, 5) is 0.678. The lowest BCUT2D eigenvalue weighted by Gasteiger charge is -2.11. The first-order chi connectivity index (χ1) is 8.15. The first-order valence-electron chi connectivity index (χ1n) is 5.15. The van der Waals surface area contributed by atoms with Crippen LogP contribution in [0.3, 0.4) is 0 Å². The smallest absolute Gasteiger partial charge is 0.163 e. The van der Waals surface area contributed by atoms with E-state index >= 15 is 0 Å². The molecule has 2 N–H and O–H groups in total. The number of hydrogen-bond donors (Lipinski definition) is 1. The van der Waals surface area contributed by atoms with Crippen molar-refractivity contribution < 1.29 is 8.78 Å². The third-order valence-corrected chi connectivity index (χ3v) is 3.37. The van der Waals surface area contributed by atoms with Crippen molar-refractivity contribution >= 4 is 11.5 Å². The van der Waals surface area contributed by atoms with Gasteiger partial charge in [0.25, 0.3) is 0 Å². The van der Waals surface area contributed by atoms with Gasteiger partial charge in [-0.25, -0.2) is 8.78 Å². The van der Waals surface area contributed by atoms with Gasteiger partial charge < -0.3 is 5.73 Å². The van der Waals surface area contributed by atoms with E-state index in [0.29, 0.717) is 11.3 Å². The molecule has 0 spiro atoms. The van der Waals surface area contributed by atoms with Crippen molar-refractivity contribution in [3.05, 3.63) is 46.0 Å². The third-order valence-electron chi connectivity index (χ3n) is 2.52. The maximum Gasteiger partial charge on any atom is 0.163 e. The fraction of sp³-hybridized carbons (Fsp3) is 0.273. The highest BCUT2D eigenvalue weighted by molar-refractivity contribution is 7.05. The van der Waals surface area contributed by atoms with E-state index < -0.39 is 17.7 Å². The summed E-state index contributed by atoms with van der Waals surface area (Å²) in [5.41, 5.74) is 6.79. The number of benzene rings is 1. The number of nitrogens with two attached hydrogens (primary N) is 1. The largest absolute Gasteiger partial charge is 0.319 e. The van der Waals surface area contributed by atoms with E-state index in [2.05, 4.69) is 9.59 Å². The molecule has 6 heteroatoms. The van der Waals surface area contributed by atoms with Crippen LogP contribution in [0.1, 0.15) is 29.1 Å². The lowest BCUT2D eigenvalue weighted by atomic mass is 10.0. The molecule has 1 atom stereocenters.